The van der Waals surface area contributed by atoms with Gasteiger partial charge in [0, 0.05) is 33.1 Å². The third kappa shape index (κ3) is 2.75. The quantitative estimate of drug-likeness (QED) is 0.815. The van der Waals surface area contributed by atoms with Crippen LogP contribution >= 0.6 is 0 Å². The summed E-state index contributed by atoms with van der Waals surface area (Å²) in [5.41, 5.74) is 2.22. The lowest BCUT2D eigenvalue weighted by Crippen LogP contribution is -2.44. The lowest BCUT2D eigenvalue weighted by atomic mass is 10.00. The van der Waals surface area contributed by atoms with Crippen LogP contribution in [0.4, 0.5) is 4.79 Å². The average Bonchev–Trinajstić information content (AvgIpc) is 3.10. The second-order valence-corrected chi connectivity index (χ2v) is 7.20. The van der Waals surface area contributed by atoms with Gasteiger partial charge in [-0.3, -0.25) is 9.69 Å². The number of amides is 2. The second kappa shape index (κ2) is 5.77. The summed E-state index contributed by atoms with van der Waals surface area (Å²) < 4.78 is 5.52. The minimum absolute atomic E-state index is 0.136. The van der Waals surface area contributed by atoms with Crippen molar-refractivity contribution in [3.63, 3.8) is 0 Å². The van der Waals surface area contributed by atoms with Crippen molar-refractivity contribution in [2.75, 3.05) is 39.8 Å². The third-order valence-electron chi connectivity index (χ3n) is 5.38. The van der Waals surface area contributed by atoms with Gasteiger partial charge in [0.1, 0.15) is 0 Å². The highest BCUT2D eigenvalue weighted by Gasteiger charge is 2.49. The molecule has 3 aliphatic heterocycles. The van der Waals surface area contributed by atoms with Crippen LogP contribution in [0, 0.1) is 0 Å². The number of fused-ring (bicyclic) bond motifs is 1. The highest BCUT2D eigenvalue weighted by molar-refractivity contribution is 5.79. The lowest BCUT2D eigenvalue weighted by Gasteiger charge is -2.30. The highest BCUT2D eigenvalue weighted by Crippen LogP contribution is 2.32. The normalized spacial score (nSPS) is 26.8. The third-order valence-corrected chi connectivity index (χ3v) is 5.38. The first-order chi connectivity index (χ1) is 11.5. The number of carbonyl (C=O) groups is 2. The standard InChI is InChI=1S/C18H23N3O3/c1-19-12-18(24-17(19)23)7-9-21(13-18)16(22)11-20-8-6-14-4-2-3-5-15(14)10-20/h2-5H,6-13H2,1H3/t18-/m1/s1. The van der Waals surface area contributed by atoms with Crippen LogP contribution in [-0.4, -0.2) is 72.1 Å². The Bertz CT molecular complexity index is 677. The number of rotatable bonds is 2. The second-order valence-electron chi connectivity index (χ2n) is 7.20. The predicted molar refractivity (Wildman–Crippen MR) is 88.5 cm³/mol. The van der Waals surface area contributed by atoms with Gasteiger partial charge in [0.05, 0.1) is 19.6 Å². The number of likely N-dealkylation sites (N-methyl/N-ethyl adjacent to an activating group) is 1. The summed E-state index contributed by atoms with van der Waals surface area (Å²) in [7, 11) is 1.74. The first kappa shape index (κ1) is 15.4. The van der Waals surface area contributed by atoms with E-state index in [1.807, 2.05) is 4.90 Å². The van der Waals surface area contributed by atoms with Crippen molar-refractivity contribution >= 4 is 12.0 Å². The van der Waals surface area contributed by atoms with Gasteiger partial charge >= 0.3 is 6.09 Å². The summed E-state index contributed by atoms with van der Waals surface area (Å²) >= 11 is 0. The molecule has 0 aromatic heterocycles. The Morgan fingerprint density at radius 3 is 2.75 bits per heavy atom. The van der Waals surface area contributed by atoms with Gasteiger partial charge in [0.15, 0.2) is 5.60 Å². The Labute approximate surface area is 142 Å². The van der Waals surface area contributed by atoms with Crippen molar-refractivity contribution < 1.29 is 14.3 Å². The molecular formula is C18H23N3O3. The van der Waals surface area contributed by atoms with E-state index in [9.17, 15) is 9.59 Å². The Morgan fingerprint density at radius 1 is 1.21 bits per heavy atom. The molecule has 128 valence electrons. The van der Waals surface area contributed by atoms with Gasteiger partial charge in [-0.1, -0.05) is 24.3 Å². The summed E-state index contributed by atoms with van der Waals surface area (Å²) in [6, 6.07) is 8.44. The first-order valence-corrected chi connectivity index (χ1v) is 8.56. The van der Waals surface area contributed by atoms with Gasteiger partial charge < -0.3 is 14.5 Å². The molecule has 1 atom stereocenters. The molecule has 1 spiro atoms. The number of hydrogen-bond donors (Lipinski definition) is 0. The molecule has 0 aliphatic carbocycles. The van der Waals surface area contributed by atoms with E-state index in [0.717, 1.165) is 25.9 Å². The molecule has 0 unspecified atom stereocenters. The molecule has 2 saturated heterocycles. The average molecular weight is 329 g/mol. The molecular weight excluding hydrogens is 306 g/mol. The predicted octanol–water partition coefficient (Wildman–Crippen LogP) is 1.10. The van der Waals surface area contributed by atoms with Crippen molar-refractivity contribution in [2.24, 2.45) is 0 Å². The van der Waals surface area contributed by atoms with Crippen LogP contribution in [-0.2, 0) is 22.5 Å². The van der Waals surface area contributed by atoms with Crippen molar-refractivity contribution in [3.8, 4) is 0 Å². The molecule has 3 heterocycles. The molecule has 1 aromatic rings. The Kier molecular flexibility index (Phi) is 3.72. The van der Waals surface area contributed by atoms with Crippen LogP contribution < -0.4 is 0 Å². The number of benzene rings is 1. The maximum atomic E-state index is 12.7. The molecule has 1 aromatic carbocycles. The molecule has 4 rings (SSSR count). The van der Waals surface area contributed by atoms with Crippen LogP contribution in [0.25, 0.3) is 0 Å². The van der Waals surface area contributed by atoms with Crippen LogP contribution in [0.2, 0.25) is 0 Å². The smallest absolute Gasteiger partial charge is 0.410 e. The fourth-order valence-corrected chi connectivity index (χ4v) is 4.04. The summed E-state index contributed by atoms with van der Waals surface area (Å²) in [6.07, 6.45) is 1.45. The molecule has 6 heteroatoms. The van der Waals surface area contributed by atoms with Gasteiger partial charge in [-0.15, -0.1) is 0 Å². The van der Waals surface area contributed by atoms with E-state index >= 15 is 0 Å². The van der Waals surface area contributed by atoms with Crippen molar-refractivity contribution in [1.82, 2.24) is 14.7 Å². The van der Waals surface area contributed by atoms with Crippen molar-refractivity contribution in [3.05, 3.63) is 35.4 Å². The van der Waals surface area contributed by atoms with Gasteiger partial charge in [0.25, 0.3) is 0 Å². The molecule has 0 N–H and O–H groups in total. The number of carbonyl (C=O) groups excluding carboxylic acids is 2. The molecule has 3 aliphatic rings. The zero-order chi connectivity index (χ0) is 16.7. The van der Waals surface area contributed by atoms with Crippen molar-refractivity contribution in [2.45, 2.75) is 25.0 Å². The largest absolute Gasteiger partial charge is 0.439 e. The van der Waals surface area contributed by atoms with Crippen LogP contribution in [0.1, 0.15) is 17.5 Å². The molecule has 0 bridgehead atoms. The van der Waals surface area contributed by atoms with Gasteiger partial charge in [-0.25, -0.2) is 4.79 Å². The Hall–Kier alpha value is -2.08. The Morgan fingerprint density at radius 2 is 2.00 bits per heavy atom. The highest BCUT2D eigenvalue weighted by atomic mass is 16.6. The number of hydrogen-bond acceptors (Lipinski definition) is 4. The van der Waals surface area contributed by atoms with E-state index in [0.29, 0.717) is 26.2 Å². The fourth-order valence-electron chi connectivity index (χ4n) is 4.04. The van der Waals surface area contributed by atoms with Gasteiger partial charge in [-0.2, -0.15) is 0 Å². The van der Waals surface area contributed by atoms with Crippen LogP contribution in [0.15, 0.2) is 24.3 Å². The summed E-state index contributed by atoms with van der Waals surface area (Å²) in [5, 5.41) is 0. The number of nitrogens with zero attached hydrogens (tertiary/aromatic N) is 3. The zero-order valence-corrected chi connectivity index (χ0v) is 14.0. The SMILES string of the molecule is CN1C[C@@]2(CCN(C(=O)CN3CCc4ccccc4C3)C2)OC1=O. The van der Waals surface area contributed by atoms with Crippen LogP contribution in [0.3, 0.4) is 0 Å². The molecule has 0 radical (unpaired) electrons. The minimum Gasteiger partial charge on any atom is -0.439 e. The van der Waals surface area contributed by atoms with E-state index < -0.39 is 5.60 Å². The fraction of sp³-hybridized carbons (Fsp3) is 0.556. The van der Waals surface area contributed by atoms with E-state index in [4.69, 9.17) is 4.74 Å². The number of likely N-dealkylation sites (tertiary alicyclic amines) is 1. The topological polar surface area (TPSA) is 53.1 Å². The molecule has 0 saturated carbocycles. The van der Waals surface area contributed by atoms with E-state index in [-0.39, 0.29) is 12.0 Å². The van der Waals surface area contributed by atoms with Gasteiger partial charge in [-0.05, 0) is 17.5 Å². The summed E-state index contributed by atoms with van der Waals surface area (Å²) in [6.45, 7) is 3.95. The summed E-state index contributed by atoms with van der Waals surface area (Å²) in [4.78, 5) is 30.0. The number of ether oxygens (including phenoxy) is 1. The first-order valence-electron chi connectivity index (χ1n) is 8.56. The van der Waals surface area contributed by atoms with E-state index in [1.54, 1.807) is 11.9 Å². The monoisotopic (exact) mass is 329 g/mol. The van der Waals surface area contributed by atoms with E-state index in [2.05, 4.69) is 29.2 Å². The molecule has 6 nitrogen and oxygen atoms in total. The van der Waals surface area contributed by atoms with Crippen LogP contribution in [0.5, 0.6) is 0 Å². The maximum absolute atomic E-state index is 12.7. The molecule has 2 fully saturated rings. The molecule has 24 heavy (non-hydrogen) atoms. The van der Waals surface area contributed by atoms with E-state index in [1.165, 1.54) is 11.1 Å². The van der Waals surface area contributed by atoms with Gasteiger partial charge in [0.2, 0.25) is 5.91 Å². The molecule has 2 amide bonds. The zero-order valence-electron chi connectivity index (χ0n) is 14.0. The summed E-state index contributed by atoms with van der Waals surface area (Å²) in [5.74, 6) is 0.136. The maximum Gasteiger partial charge on any atom is 0.410 e. The van der Waals surface area contributed by atoms with Crippen molar-refractivity contribution in [1.29, 1.82) is 0 Å². The Balaban J connectivity index is 1.36. The minimum atomic E-state index is -0.490. The lowest BCUT2D eigenvalue weighted by molar-refractivity contribution is -0.132.